The quantitative estimate of drug-likeness (QED) is 0.106. The third-order valence-electron chi connectivity index (χ3n) is 14.9. The summed E-state index contributed by atoms with van der Waals surface area (Å²) in [6.07, 6.45) is 6.52. The van der Waals surface area contributed by atoms with Gasteiger partial charge < -0.3 is 45.0 Å². The van der Waals surface area contributed by atoms with Gasteiger partial charge in [0.15, 0.2) is 0 Å². The molecule has 6 atom stereocenters. The fraction of sp³-hybridized carbons (Fsp3) is 0.569. The molecule has 1 saturated carbocycles. The highest BCUT2D eigenvalue weighted by atomic mass is 19.4. The molecule has 20 heteroatoms. The summed E-state index contributed by atoms with van der Waals surface area (Å²) in [4.78, 5) is 78.7. The normalized spacial score (nSPS) is 23.6. The Morgan fingerprint density at radius 1 is 0.901 bits per heavy atom. The van der Waals surface area contributed by atoms with Gasteiger partial charge in [-0.3, -0.25) is 29.1 Å². The number of carbonyl (C=O) groups excluding carboxylic acids is 4. The SMILES string of the molecule is CC(C)N(C)[C@@H]1CC[C@H](N2CC[C@H](Nc3ncnc4ccc(C(F)(F)F)cc34)C2=O)[C@H](NC(=O)c2ccc(C3CCN(CCOCCOCCNC(=O)[C@H]4CC(=O)N(C)[C@@H]4c4cccnc4)CC3)cn2)C1. The number of amides is 4. The van der Waals surface area contributed by atoms with Gasteiger partial charge in [-0.25, -0.2) is 9.97 Å². The summed E-state index contributed by atoms with van der Waals surface area (Å²) in [6, 6.07) is 9.53. The molecule has 0 radical (unpaired) electrons. The number of rotatable bonds is 19. The molecule has 3 aliphatic heterocycles. The summed E-state index contributed by atoms with van der Waals surface area (Å²) in [5.41, 5.74) is 1.74. The molecule has 4 amide bonds. The van der Waals surface area contributed by atoms with Crippen molar-refractivity contribution >= 4 is 40.3 Å². The van der Waals surface area contributed by atoms with Crippen molar-refractivity contribution in [2.75, 3.05) is 78.6 Å². The molecule has 0 bridgehead atoms. The number of likely N-dealkylation sites (tertiary alicyclic amines) is 3. The van der Waals surface area contributed by atoms with Crippen LogP contribution in [0.3, 0.4) is 0 Å². The van der Waals surface area contributed by atoms with Gasteiger partial charge >= 0.3 is 6.18 Å². The Labute approximate surface area is 412 Å². The van der Waals surface area contributed by atoms with Crippen LogP contribution in [0.1, 0.15) is 97.9 Å². The first kappa shape index (κ1) is 51.5. The Morgan fingerprint density at radius 3 is 2.41 bits per heavy atom. The van der Waals surface area contributed by atoms with Gasteiger partial charge in [0.05, 0.1) is 61.6 Å². The van der Waals surface area contributed by atoms with Crippen molar-refractivity contribution < 1.29 is 41.8 Å². The lowest BCUT2D eigenvalue weighted by molar-refractivity contribution is -0.137. The molecule has 0 spiro atoms. The topological polar surface area (TPSA) is 187 Å². The van der Waals surface area contributed by atoms with Crippen LogP contribution in [-0.4, -0.2) is 167 Å². The van der Waals surface area contributed by atoms with E-state index in [9.17, 15) is 32.3 Å². The molecule has 1 aliphatic carbocycles. The molecule has 4 fully saturated rings. The van der Waals surface area contributed by atoms with E-state index < -0.39 is 23.7 Å². The lowest BCUT2D eigenvalue weighted by Gasteiger charge is -2.44. The van der Waals surface area contributed by atoms with Crippen molar-refractivity contribution in [2.24, 2.45) is 5.92 Å². The van der Waals surface area contributed by atoms with Crippen LogP contribution < -0.4 is 16.0 Å². The van der Waals surface area contributed by atoms with E-state index in [-0.39, 0.29) is 71.5 Å². The van der Waals surface area contributed by atoms with E-state index in [0.717, 1.165) is 62.2 Å². The minimum Gasteiger partial charge on any atom is -0.378 e. The van der Waals surface area contributed by atoms with E-state index in [2.05, 4.69) is 66.6 Å². The fourth-order valence-corrected chi connectivity index (χ4v) is 10.6. The number of hydrogen-bond acceptors (Lipinski definition) is 13. The Bertz CT molecular complexity index is 2460. The predicted molar refractivity (Wildman–Crippen MR) is 259 cm³/mol. The second-order valence-electron chi connectivity index (χ2n) is 19.5. The van der Waals surface area contributed by atoms with Crippen LogP contribution in [0.4, 0.5) is 19.0 Å². The summed E-state index contributed by atoms with van der Waals surface area (Å²) in [7, 11) is 3.80. The van der Waals surface area contributed by atoms with Gasteiger partial charge in [0.1, 0.15) is 23.9 Å². The molecule has 1 aromatic carbocycles. The van der Waals surface area contributed by atoms with E-state index in [0.29, 0.717) is 75.9 Å². The Balaban J connectivity index is 0.763. The molecule has 17 nitrogen and oxygen atoms in total. The Kier molecular flexibility index (Phi) is 16.8. The number of hydrogen-bond donors (Lipinski definition) is 3. The highest BCUT2D eigenvalue weighted by molar-refractivity contribution is 5.94. The van der Waals surface area contributed by atoms with Crippen LogP contribution in [0.15, 0.2) is 67.4 Å². The predicted octanol–water partition coefficient (Wildman–Crippen LogP) is 5.06. The summed E-state index contributed by atoms with van der Waals surface area (Å²) in [6.45, 7) is 9.40. The summed E-state index contributed by atoms with van der Waals surface area (Å²) in [5.74, 6) is -0.738. The Hall–Kier alpha value is -5.83. The number of halogens is 3. The molecule has 382 valence electrons. The van der Waals surface area contributed by atoms with Crippen molar-refractivity contribution in [2.45, 2.75) is 107 Å². The number of fused-ring (bicyclic) bond motifs is 1. The second kappa shape index (κ2) is 23.2. The number of anilines is 1. The molecule has 3 N–H and O–H groups in total. The van der Waals surface area contributed by atoms with Crippen LogP contribution in [0.2, 0.25) is 0 Å². The largest absolute Gasteiger partial charge is 0.416 e. The van der Waals surface area contributed by atoms with Gasteiger partial charge in [-0.1, -0.05) is 12.1 Å². The lowest BCUT2D eigenvalue weighted by Crippen LogP contribution is -2.58. The number of carbonyl (C=O) groups is 4. The summed E-state index contributed by atoms with van der Waals surface area (Å²) in [5, 5.41) is 9.49. The molecule has 6 heterocycles. The third kappa shape index (κ3) is 12.4. The number of alkyl halides is 3. The first-order chi connectivity index (χ1) is 34.2. The first-order valence-electron chi connectivity index (χ1n) is 24.8. The maximum Gasteiger partial charge on any atom is 0.416 e. The van der Waals surface area contributed by atoms with Gasteiger partial charge in [0.25, 0.3) is 5.91 Å². The molecule has 3 aromatic heterocycles. The van der Waals surface area contributed by atoms with Crippen molar-refractivity contribution in [3.05, 3.63) is 89.8 Å². The van der Waals surface area contributed by atoms with Crippen molar-refractivity contribution in [3.63, 3.8) is 0 Å². The minimum atomic E-state index is -4.55. The van der Waals surface area contributed by atoms with Crippen LogP contribution in [0.25, 0.3) is 10.9 Å². The standard InChI is InChI=1S/C51H66F3N11O6/c1-32(2)62(3)37-9-12-44(65-20-15-42(50(65)69)60-47-38-26-36(51(52,53)54)8-11-40(38)58-31-59-47)43(27-37)61-49(68)41-10-7-34(30-57-41)33-13-18-64(19-14-33)21-23-71-25-24-70-22-17-56-48(67)39-28-45(66)63(4)46(39)35-6-5-16-55-29-35/h5-8,10-11,16,26,29-33,37,39,42-44,46H,9,12-15,17-25,27-28H2,1-4H3,(H,56,67)(H,61,68)(H,58,59,60)/t37-,39+,42+,43-,44+,46-/m1/s1. The van der Waals surface area contributed by atoms with Crippen molar-refractivity contribution in [1.29, 1.82) is 0 Å². The molecule has 4 aromatic rings. The van der Waals surface area contributed by atoms with E-state index in [1.54, 1.807) is 42.7 Å². The number of piperidine rings is 1. The number of benzene rings is 1. The monoisotopic (exact) mass is 986 g/mol. The molecular weight excluding hydrogens is 920 g/mol. The van der Waals surface area contributed by atoms with Crippen LogP contribution in [-0.2, 0) is 30.0 Å². The number of aromatic nitrogens is 4. The zero-order chi connectivity index (χ0) is 50.2. The summed E-state index contributed by atoms with van der Waals surface area (Å²) < 4.78 is 52.4. The summed E-state index contributed by atoms with van der Waals surface area (Å²) >= 11 is 0. The molecule has 8 rings (SSSR count). The number of pyridine rings is 2. The van der Waals surface area contributed by atoms with Crippen molar-refractivity contribution in [1.82, 2.24) is 50.2 Å². The molecule has 4 aliphatic rings. The van der Waals surface area contributed by atoms with Gasteiger partial charge in [-0.05, 0) is 120 Å². The lowest BCUT2D eigenvalue weighted by atomic mass is 9.84. The third-order valence-corrected chi connectivity index (χ3v) is 14.9. The highest BCUT2D eigenvalue weighted by Crippen LogP contribution is 2.38. The first-order valence-corrected chi connectivity index (χ1v) is 24.8. The van der Waals surface area contributed by atoms with Gasteiger partial charge in [0, 0.05) is 69.2 Å². The molecule has 0 unspecified atom stereocenters. The van der Waals surface area contributed by atoms with Crippen LogP contribution in [0, 0.1) is 5.92 Å². The van der Waals surface area contributed by atoms with E-state index in [1.807, 2.05) is 17.0 Å². The zero-order valence-electron chi connectivity index (χ0n) is 40.9. The van der Waals surface area contributed by atoms with Crippen molar-refractivity contribution in [3.8, 4) is 0 Å². The zero-order valence-corrected chi connectivity index (χ0v) is 40.9. The number of nitrogens with zero attached hydrogens (tertiary/aromatic N) is 8. The van der Waals surface area contributed by atoms with Crippen LogP contribution >= 0.6 is 0 Å². The van der Waals surface area contributed by atoms with E-state index in [1.165, 1.54) is 12.4 Å². The molecule has 71 heavy (non-hydrogen) atoms. The van der Waals surface area contributed by atoms with E-state index in [4.69, 9.17) is 9.47 Å². The van der Waals surface area contributed by atoms with Gasteiger partial charge in [0.2, 0.25) is 17.7 Å². The highest BCUT2D eigenvalue weighted by Gasteiger charge is 2.45. The smallest absolute Gasteiger partial charge is 0.378 e. The average molecular weight is 986 g/mol. The van der Waals surface area contributed by atoms with Crippen LogP contribution in [0.5, 0.6) is 0 Å². The van der Waals surface area contributed by atoms with E-state index >= 15 is 0 Å². The Morgan fingerprint density at radius 2 is 1.69 bits per heavy atom. The van der Waals surface area contributed by atoms with Gasteiger partial charge in [-0.2, -0.15) is 13.2 Å². The average Bonchev–Trinajstić information content (AvgIpc) is 3.89. The maximum absolute atomic E-state index is 14.1. The minimum absolute atomic E-state index is 0.0684. The van der Waals surface area contributed by atoms with Gasteiger partial charge in [-0.15, -0.1) is 0 Å². The maximum atomic E-state index is 14.1. The molecular formula is C51H66F3N11O6. The fourth-order valence-electron chi connectivity index (χ4n) is 10.6. The molecule has 3 saturated heterocycles. The number of nitrogens with one attached hydrogen (secondary N) is 3. The number of ether oxygens (including phenoxy) is 2. The second-order valence-corrected chi connectivity index (χ2v) is 19.5.